The second-order valence-corrected chi connectivity index (χ2v) is 2.68. The molecule has 1 aromatic carbocycles. The first-order valence-electron chi connectivity index (χ1n) is 4.01. The standard InChI is InChI=1S/C9H10F2N2O/c10-6-2-1-3-7(9(6)11)14-5-4-8(12)13/h1-3H,4-5H2,(H3,12,13). The van der Waals surface area contributed by atoms with Gasteiger partial charge in [0.05, 0.1) is 12.4 Å². The van der Waals surface area contributed by atoms with Crippen molar-refractivity contribution in [3.05, 3.63) is 29.8 Å². The predicted molar refractivity (Wildman–Crippen MR) is 48.4 cm³/mol. The Morgan fingerprint density at radius 1 is 1.43 bits per heavy atom. The normalized spacial score (nSPS) is 9.86. The van der Waals surface area contributed by atoms with Crippen LogP contribution in [0.15, 0.2) is 18.2 Å². The quantitative estimate of drug-likeness (QED) is 0.573. The Morgan fingerprint density at radius 3 is 2.79 bits per heavy atom. The number of amidine groups is 1. The van der Waals surface area contributed by atoms with E-state index in [2.05, 4.69) is 0 Å². The van der Waals surface area contributed by atoms with Gasteiger partial charge < -0.3 is 10.5 Å². The maximum Gasteiger partial charge on any atom is 0.200 e. The lowest BCUT2D eigenvalue weighted by molar-refractivity contribution is 0.304. The molecule has 5 heteroatoms. The highest BCUT2D eigenvalue weighted by Crippen LogP contribution is 2.18. The zero-order valence-electron chi connectivity index (χ0n) is 7.39. The lowest BCUT2D eigenvalue weighted by Crippen LogP contribution is -2.14. The third kappa shape index (κ3) is 2.69. The van der Waals surface area contributed by atoms with Crippen LogP contribution in [-0.4, -0.2) is 12.4 Å². The molecular formula is C9H10F2N2O. The molecule has 0 aliphatic rings. The van der Waals surface area contributed by atoms with Crippen molar-refractivity contribution in [3.63, 3.8) is 0 Å². The van der Waals surface area contributed by atoms with E-state index < -0.39 is 11.6 Å². The second kappa shape index (κ2) is 4.55. The van der Waals surface area contributed by atoms with Gasteiger partial charge in [0.15, 0.2) is 11.6 Å². The number of nitrogens with two attached hydrogens (primary N) is 1. The average Bonchev–Trinajstić information content (AvgIpc) is 2.12. The van der Waals surface area contributed by atoms with Gasteiger partial charge in [-0.05, 0) is 12.1 Å². The number of hydrogen-bond acceptors (Lipinski definition) is 2. The van der Waals surface area contributed by atoms with Crippen molar-refractivity contribution in [2.45, 2.75) is 6.42 Å². The summed E-state index contributed by atoms with van der Waals surface area (Å²) in [5.41, 5.74) is 5.06. The molecule has 0 radical (unpaired) electrons. The van der Waals surface area contributed by atoms with E-state index in [1.165, 1.54) is 12.1 Å². The number of ether oxygens (including phenoxy) is 1. The molecule has 0 saturated carbocycles. The van der Waals surface area contributed by atoms with Gasteiger partial charge in [0.2, 0.25) is 5.82 Å². The van der Waals surface area contributed by atoms with Crippen LogP contribution in [0.2, 0.25) is 0 Å². The van der Waals surface area contributed by atoms with E-state index in [1.54, 1.807) is 0 Å². The molecule has 0 fully saturated rings. The number of halogens is 2. The summed E-state index contributed by atoms with van der Waals surface area (Å²) in [6.07, 6.45) is 0.190. The third-order valence-corrected chi connectivity index (χ3v) is 1.55. The number of nitrogens with one attached hydrogen (secondary N) is 1. The molecule has 0 atom stereocenters. The van der Waals surface area contributed by atoms with Gasteiger partial charge in [-0.3, -0.25) is 5.41 Å². The Kier molecular flexibility index (Phi) is 3.39. The van der Waals surface area contributed by atoms with Crippen molar-refractivity contribution in [1.29, 1.82) is 5.41 Å². The van der Waals surface area contributed by atoms with Crippen LogP contribution in [-0.2, 0) is 0 Å². The van der Waals surface area contributed by atoms with E-state index in [-0.39, 0.29) is 24.6 Å². The smallest absolute Gasteiger partial charge is 0.200 e. The van der Waals surface area contributed by atoms with Crippen LogP contribution in [0.1, 0.15) is 6.42 Å². The van der Waals surface area contributed by atoms with E-state index in [9.17, 15) is 8.78 Å². The largest absolute Gasteiger partial charge is 0.490 e. The fraction of sp³-hybridized carbons (Fsp3) is 0.222. The fourth-order valence-corrected chi connectivity index (χ4v) is 0.866. The van der Waals surface area contributed by atoms with Gasteiger partial charge in [0.25, 0.3) is 0 Å². The Bertz CT molecular complexity index is 342. The first-order chi connectivity index (χ1) is 6.61. The number of rotatable bonds is 4. The third-order valence-electron chi connectivity index (χ3n) is 1.55. The van der Waals surface area contributed by atoms with Gasteiger partial charge >= 0.3 is 0 Å². The molecule has 1 aromatic rings. The Morgan fingerprint density at radius 2 is 2.14 bits per heavy atom. The lowest BCUT2D eigenvalue weighted by atomic mass is 10.3. The predicted octanol–water partition coefficient (Wildman–Crippen LogP) is 1.67. The molecule has 0 unspecified atom stereocenters. The minimum absolute atomic E-state index is 0.0539. The second-order valence-electron chi connectivity index (χ2n) is 2.68. The average molecular weight is 200 g/mol. The molecule has 3 N–H and O–H groups in total. The van der Waals surface area contributed by atoms with Crippen LogP contribution < -0.4 is 10.5 Å². The van der Waals surface area contributed by atoms with Crippen molar-refractivity contribution in [2.24, 2.45) is 5.73 Å². The topological polar surface area (TPSA) is 59.1 Å². The molecule has 0 aromatic heterocycles. The van der Waals surface area contributed by atoms with Gasteiger partial charge in [-0.1, -0.05) is 6.07 Å². The van der Waals surface area contributed by atoms with Crippen molar-refractivity contribution in [3.8, 4) is 5.75 Å². The zero-order chi connectivity index (χ0) is 10.6. The summed E-state index contributed by atoms with van der Waals surface area (Å²) in [7, 11) is 0. The fourth-order valence-electron chi connectivity index (χ4n) is 0.866. The highest BCUT2D eigenvalue weighted by atomic mass is 19.2. The Hall–Kier alpha value is -1.65. The molecule has 0 bridgehead atoms. The highest BCUT2D eigenvalue weighted by Gasteiger charge is 2.07. The molecule has 0 heterocycles. The summed E-state index contributed by atoms with van der Waals surface area (Å²) >= 11 is 0. The minimum atomic E-state index is -1.02. The summed E-state index contributed by atoms with van der Waals surface area (Å²) in [6.45, 7) is 0.0652. The van der Waals surface area contributed by atoms with Crippen molar-refractivity contribution in [2.75, 3.05) is 6.61 Å². The molecule has 0 amide bonds. The first-order valence-corrected chi connectivity index (χ1v) is 4.01. The van der Waals surface area contributed by atoms with E-state index in [1.807, 2.05) is 0 Å². The lowest BCUT2D eigenvalue weighted by Gasteiger charge is -2.06. The van der Waals surface area contributed by atoms with E-state index >= 15 is 0 Å². The maximum atomic E-state index is 12.9. The summed E-state index contributed by atoms with van der Waals surface area (Å²) in [4.78, 5) is 0. The molecule has 3 nitrogen and oxygen atoms in total. The van der Waals surface area contributed by atoms with Gasteiger partial charge in [-0.2, -0.15) is 4.39 Å². The number of hydrogen-bond donors (Lipinski definition) is 2. The summed E-state index contributed by atoms with van der Waals surface area (Å²) in [5, 5.41) is 6.89. The molecule has 0 spiro atoms. The van der Waals surface area contributed by atoms with E-state index in [0.29, 0.717) is 0 Å². The van der Waals surface area contributed by atoms with Crippen LogP contribution >= 0.6 is 0 Å². The van der Waals surface area contributed by atoms with Crippen LogP contribution in [0, 0.1) is 17.0 Å². The molecule has 0 saturated heterocycles. The zero-order valence-corrected chi connectivity index (χ0v) is 7.39. The molecule has 76 valence electrons. The number of benzene rings is 1. The van der Waals surface area contributed by atoms with Crippen LogP contribution in [0.5, 0.6) is 5.75 Å². The Labute approximate surface area is 80.0 Å². The minimum Gasteiger partial charge on any atom is -0.490 e. The van der Waals surface area contributed by atoms with Crippen LogP contribution in [0.3, 0.4) is 0 Å². The highest BCUT2D eigenvalue weighted by molar-refractivity contribution is 5.76. The molecule has 1 rings (SSSR count). The first kappa shape index (κ1) is 10.4. The van der Waals surface area contributed by atoms with Crippen LogP contribution in [0.4, 0.5) is 8.78 Å². The molecular weight excluding hydrogens is 190 g/mol. The summed E-state index contributed by atoms with van der Waals surface area (Å²) in [5.74, 6) is -2.19. The maximum absolute atomic E-state index is 12.9. The van der Waals surface area contributed by atoms with E-state index in [0.717, 1.165) is 6.07 Å². The van der Waals surface area contributed by atoms with E-state index in [4.69, 9.17) is 15.9 Å². The van der Waals surface area contributed by atoms with Crippen molar-refractivity contribution in [1.82, 2.24) is 0 Å². The van der Waals surface area contributed by atoms with Gasteiger partial charge in [-0.15, -0.1) is 0 Å². The van der Waals surface area contributed by atoms with Gasteiger partial charge in [0.1, 0.15) is 0 Å². The summed E-state index contributed by atoms with van der Waals surface area (Å²) in [6, 6.07) is 3.67. The molecule has 0 aliphatic carbocycles. The SMILES string of the molecule is N=C(N)CCOc1cccc(F)c1F. The molecule has 0 aliphatic heterocycles. The molecule has 14 heavy (non-hydrogen) atoms. The van der Waals surface area contributed by atoms with Crippen LogP contribution in [0.25, 0.3) is 0 Å². The van der Waals surface area contributed by atoms with Gasteiger partial charge in [0, 0.05) is 6.42 Å². The monoisotopic (exact) mass is 200 g/mol. The van der Waals surface area contributed by atoms with Crippen molar-refractivity contribution < 1.29 is 13.5 Å². The van der Waals surface area contributed by atoms with Gasteiger partial charge in [-0.25, -0.2) is 4.39 Å². The van der Waals surface area contributed by atoms with Crippen molar-refractivity contribution >= 4 is 5.84 Å². The Balaban J connectivity index is 2.59. The summed E-state index contributed by atoms with van der Waals surface area (Å²) < 4.78 is 30.5.